The molecule has 1 atom stereocenters. The quantitative estimate of drug-likeness (QED) is 0.807. The van der Waals surface area contributed by atoms with Crippen LogP contribution >= 0.6 is 0 Å². The van der Waals surface area contributed by atoms with Crippen molar-refractivity contribution in [2.24, 2.45) is 11.3 Å². The van der Waals surface area contributed by atoms with Gasteiger partial charge in [0, 0.05) is 6.04 Å². The molecule has 1 saturated heterocycles. The van der Waals surface area contributed by atoms with E-state index in [0.29, 0.717) is 11.5 Å². The van der Waals surface area contributed by atoms with Gasteiger partial charge in [-0.3, -0.25) is 0 Å². The Morgan fingerprint density at radius 3 is 2.33 bits per heavy atom. The SMILES string of the molecule is CCC(C)(C)C1CCC(O)(C2CCCCN2)CC1. The molecule has 1 unspecified atom stereocenters. The van der Waals surface area contributed by atoms with E-state index < -0.39 is 5.60 Å². The zero-order valence-corrected chi connectivity index (χ0v) is 12.5. The van der Waals surface area contributed by atoms with Gasteiger partial charge in [-0.15, -0.1) is 0 Å². The second kappa shape index (κ2) is 5.50. The fourth-order valence-electron chi connectivity index (χ4n) is 3.85. The molecule has 0 radical (unpaired) electrons. The molecule has 1 saturated carbocycles. The van der Waals surface area contributed by atoms with E-state index in [1.165, 1.54) is 38.5 Å². The molecule has 1 aliphatic heterocycles. The Labute approximate surface area is 113 Å². The van der Waals surface area contributed by atoms with Crippen molar-refractivity contribution in [3.63, 3.8) is 0 Å². The summed E-state index contributed by atoms with van der Waals surface area (Å²) >= 11 is 0. The second-order valence-electron chi connectivity index (χ2n) is 7.22. The van der Waals surface area contributed by atoms with Crippen molar-refractivity contribution in [3.05, 3.63) is 0 Å². The molecule has 0 aromatic heterocycles. The maximum atomic E-state index is 10.9. The van der Waals surface area contributed by atoms with Crippen molar-refractivity contribution in [2.45, 2.75) is 83.8 Å². The predicted molar refractivity (Wildman–Crippen MR) is 76.6 cm³/mol. The van der Waals surface area contributed by atoms with Gasteiger partial charge >= 0.3 is 0 Å². The first-order chi connectivity index (χ1) is 8.48. The molecule has 2 aliphatic rings. The van der Waals surface area contributed by atoms with Crippen LogP contribution in [0.4, 0.5) is 0 Å². The summed E-state index contributed by atoms with van der Waals surface area (Å²) in [5.74, 6) is 0.798. The van der Waals surface area contributed by atoms with E-state index in [-0.39, 0.29) is 0 Å². The summed E-state index contributed by atoms with van der Waals surface area (Å²) < 4.78 is 0. The molecule has 0 bridgehead atoms. The average molecular weight is 253 g/mol. The van der Waals surface area contributed by atoms with Crippen LogP contribution in [0.1, 0.15) is 72.1 Å². The van der Waals surface area contributed by atoms with Crippen LogP contribution in [0.2, 0.25) is 0 Å². The Morgan fingerprint density at radius 1 is 1.17 bits per heavy atom. The molecule has 1 heterocycles. The Balaban J connectivity index is 1.92. The first kappa shape index (κ1) is 14.3. The molecule has 2 heteroatoms. The molecule has 2 fully saturated rings. The molecule has 106 valence electrons. The highest BCUT2D eigenvalue weighted by Gasteiger charge is 2.43. The van der Waals surface area contributed by atoms with Crippen molar-refractivity contribution < 1.29 is 5.11 Å². The number of hydrogen-bond donors (Lipinski definition) is 2. The molecular formula is C16H31NO. The molecule has 18 heavy (non-hydrogen) atoms. The first-order valence-corrected chi connectivity index (χ1v) is 7.94. The largest absolute Gasteiger partial charge is 0.388 e. The Kier molecular flexibility index (Phi) is 4.38. The van der Waals surface area contributed by atoms with E-state index in [1.807, 2.05) is 0 Å². The summed E-state index contributed by atoms with van der Waals surface area (Å²) in [5, 5.41) is 14.4. The van der Waals surface area contributed by atoms with E-state index in [0.717, 1.165) is 25.3 Å². The molecular weight excluding hydrogens is 222 g/mol. The van der Waals surface area contributed by atoms with E-state index in [4.69, 9.17) is 0 Å². The van der Waals surface area contributed by atoms with Crippen molar-refractivity contribution in [1.29, 1.82) is 0 Å². The summed E-state index contributed by atoms with van der Waals surface area (Å²) in [6.07, 6.45) is 9.38. The maximum absolute atomic E-state index is 10.9. The Morgan fingerprint density at radius 2 is 1.83 bits per heavy atom. The smallest absolute Gasteiger partial charge is 0.0800 e. The minimum atomic E-state index is -0.416. The van der Waals surface area contributed by atoms with Gasteiger partial charge in [-0.2, -0.15) is 0 Å². The molecule has 2 rings (SSSR count). The highest BCUT2D eigenvalue weighted by molar-refractivity contribution is 4.98. The van der Waals surface area contributed by atoms with Crippen molar-refractivity contribution in [3.8, 4) is 0 Å². The van der Waals surface area contributed by atoms with Gasteiger partial charge in [0.15, 0.2) is 0 Å². The number of piperidine rings is 1. The number of rotatable bonds is 3. The van der Waals surface area contributed by atoms with Crippen LogP contribution in [0.15, 0.2) is 0 Å². The molecule has 1 aliphatic carbocycles. The molecule has 2 nitrogen and oxygen atoms in total. The topological polar surface area (TPSA) is 32.3 Å². The lowest BCUT2D eigenvalue weighted by Gasteiger charge is -2.47. The van der Waals surface area contributed by atoms with Crippen molar-refractivity contribution >= 4 is 0 Å². The number of hydrogen-bond acceptors (Lipinski definition) is 2. The molecule has 0 spiro atoms. The van der Waals surface area contributed by atoms with Crippen molar-refractivity contribution in [2.75, 3.05) is 6.54 Å². The zero-order chi connectivity index (χ0) is 13.2. The van der Waals surface area contributed by atoms with Gasteiger partial charge in [0.2, 0.25) is 0 Å². The van der Waals surface area contributed by atoms with Gasteiger partial charge in [-0.05, 0) is 56.4 Å². The van der Waals surface area contributed by atoms with Crippen LogP contribution < -0.4 is 5.32 Å². The van der Waals surface area contributed by atoms with Gasteiger partial charge in [-0.1, -0.05) is 33.6 Å². The van der Waals surface area contributed by atoms with Gasteiger partial charge < -0.3 is 10.4 Å². The summed E-state index contributed by atoms with van der Waals surface area (Å²) in [6, 6.07) is 0.358. The van der Waals surface area contributed by atoms with Crippen molar-refractivity contribution in [1.82, 2.24) is 5.32 Å². The third-order valence-electron chi connectivity index (χ3n) is 5.83. The van der Waals surface area contributed by atoms with Gasteiger partial charge in [-0.25, -0.2) is 0 Å². The third kappa shape index (κ3) is 2.91. The monoisotopic (exact) mass is 253 g/mol. The summed E-state index contributed by atoms with van der Waals surface area (Å²) in [7, 11) is 0. The minimum Gasteiger partial charge on any atom is -0.388 e. The van der Waals surface area contributed by atoms with E-state index in [1.54, 1.807) is 0 Å². The third-order valence-corrected chi connectivity index (χ3v) is 5.83. The van der Waals surface area contributed by atoms with E-state index in [9.17, 15) is 5.11 Å². The average Bonchev–Trinajstić information content (AvgIpc) is 2.40. The van der Waals surface area contributed by atoms with Gasteiger partial charge in [0.05, 0.1) is 5.60 Å². The Bertz CT molecular complexity index is 260. The number of aliphatic hydroxyl groups is 1. The summed E-state index contributed by atoms with van der Waals surface area (Å²) in [5.41, 5.74) is 0.0298. The normalized spacial score (nSPS) is 38.7. The van der Waals surface area contributed by atoms with Crippen LogP contribution in [-0.4, -0.2) is 23.3 Å². The summed E-state index contributed by atoms with van der Waals surface area (Å²) in [6.45, 7) is 8.17. The predicted octanol–water partition coefficient (Wildman–Crippen LogP) is 3.49. The molecule has 2 N–H and O–H groups in total. The lowest BCUT2D eigenvalue weighted by atomic mass is 9.64. The van der Waals surface area contributed by atoms with Crippen LogP contribution in [0.25, 0.3) is 0 Å². The van der Waals surface area contributed by atoms with E-state index >= 15 is 0 Å². The fourth-order valence-corrected chi connectivity index (χ4v) is 3.85. The first-order valence-electron chi connectivity index (χ1n) is 7.94. The maximum Gasteiger partial charge on any atom is 0.0800 e. The van der Waals surface area contributed by atoms with Crippen LogP contribution in [0.3, 0.4) is 0 Å². The second-order valence-corrected chi connectivity index (χ2v) is 7.22. The molecule has 0 aromatic rings. The molecule has 0 aromatic carbocycles. The Hall–Kier alpha value is -0.0800. The fraction of sp³-hybridized carbons (Fsp3) is 1.00. The zero-order valence-electron chi connectivity index (χ0n) is 12.5. The number of nitrogens with one attached hydrogen (secondary N) is 1. The lowest BCUT2D eigenvalue weighted by Crippen LogP contribution is -2.55. The standard InChI is InChI=1S/C16H31NO/c1-4-15(2,3)13-8-10-16(18,11-9-13)14-7-5-6-12-17-14/h13-14,17-18H,4-12H2,1-3H3. The highest BCUT2D eigenvalue weighted by atomic mass is 16.3. The van der Waals surface area contributed by atoms with Crippen LogP contribution in [-0.2, 0) is 0 Å². The minimum absolute atomic E-state index is 0.358. The van der Waals surface area contributed by atoms with Gasteiger partial charge in [0.1, 0.15) is 0 Å². The summed E-state index contributed by atoms with van der Waals surface area (Å²) in [4.78, 5) is 0. The lowest BCUT2D eigenvalue weighted by molar-refractivity contribution is -0.0610. The van der Waals surface area contributed by atoms with Crippen LogP contribution in [0.5, 0.6) is 0 Å². The molecule has 0 amide bonds. The van der Waals surface area contributed by atoms with Gasteiger partial charge in [0.25, 0.3) is 0 Å². The highest BCUT2D eigenvalue weighted by Crippen LogP contribution is 2.45. The van der Waals surface area contributed by atoms with Crippen LogP contribution in [0, 0.1) is 11.3 Å². The van der Waals surface area contributed by atoms with E-state index in [2.05, 4.69) is 26.1 Å².